The van der Waals surface area contributed by atoms with Crippen molar-refractivity contribution < 1.29 is 9.84 Å². The monoisotopic (exact) mass is 421 g/mol. The molecular formula is C27H35NO3. The maximum absolute atomic E-state index is 13.1. The van der Waals surface area contributed by atoms with Crippen molar-refractivity contribution in [3.05, 3.63) is 64.1 Å². The Hall–Kier alpha value is -2.59. The van der Waals surface area contributed by atoms with Crippen molar-refractivity contribution in [1.29, 1.82) is 0 Å². The number of benzene rings is 2. The van der Waals surface area contributed by atoms with Gasteiger partial charge in [-0.05, 0) is 46.5 Å². The maximum Gasteiger partial charge on any atom is 0.258 e. The van der Waals surface area contributed by atoms with E-state index in [0.717, 1.165) is 51.6 Å². The average molecular weight is 422 g/mol. The number of aliphatic hydroxyl groups excluding tert-OH is 1. The Bertz CT molecular complexity index is 1080. The number of ether oxygens (including phenoxy) is 1. The fourth-order valence-electron chi connectivity index (χ4n) is 4.41. The topological polar surface area (TPSA) is 51.5 Å². The van der Waals surface area contributed by atoms with Gasteiger partial charge in [0.05, 0.1) is 13.7 Å². The Balaban J connectivity index is 2.22. The predicted octanol–water partition coefficient (Wildman–Crippen LogP) is 6.05. The van der Waals surface area contributed by atoms with Gasteiger partial charge in [0.25, 0.3) is 5.56 Å². The Morgan fingerprint density at radius 1 is 1.03 bits per heavy atom. The molecule has 0 aliphatic carbocycles. The first-order valence-electron chi connectivity index (χ1n) is 11.3. The number of aryl methyl sites for hydroxylation is 1. The van der Waals surface area contributed by atoms with Crippen molar-refractivity contribution in [2.75, 3.05) is 7.11 Å². The molecule has 0 amide bonds. The van der Waals surface area contributed by atoms with Gasteiger partial charge in [-0.15, -0.1) is 0 Å². The number of aromatic nitrogens is 1. The fourth-order valence-corrected chi connectivity index (χ4v) is 4.41. The Morgan fingerprint density at radius 2 is 1.74 bits per heavy atom. The van der Waals surface area contributed by atoms with Gasteiger partial charge in [0.2, 0.25) is 0 Å². The maximum atomic E-state index is 13.1. The SMILES string of the molecule is CCCCCCn1cc(-c2cc(CO)c(C(C)(C)C)c(OC)c2)c2ccccc2c1=O. The molecule has 166 valence electrons. The number of rotatable bonds is 8. The minimum Gasteiger partial charge on any atom is -0.496 e. The summed E-state index contributed by atoms with van der Waals surface area (Å²) in [6.07, 6.45) is 6.43. The van der Waals surface area contributed by atoms with E-state index in [9.17, 15) is 9.90 Å². The summed E-state index contributed by atoms with van der Waals surface area (Å²) < 4.78 is 7.60. The number of pyridine rings is 1. The number of nitrogens with zero attached hydrogens (tertiary/aromatic N) is 1. The molecule has 4 heteroatoms. The molecular weight excluding hydrogens is 386 g/mol. The molecule has 0 spiro atoms. The molecule has 1 heterocycles. The first-order valence-corrected chi connectivity index (χ1v) is 11.3. The molecule has 2 aromatic carbocycles. The molecule has 1 N–H and O–H groups in total. The Morgan fingerprint density at radius 3 is 2.35 bits per heavy atom. The van der Waals surface area contributed by atoms with Gasteiger partial charge in [-0.25, -0.2) is 0 Å². The van der Waals surface area contributed by atoms with E-state index in [2.05, 4.69) is 27.7 Å². The fraction of sp³-hybridized carbons (Fsp3) is 0.444. The van der Waals surface area contributed by atoms with Crippen LogP contribution in [0, 0.1) is 0 Å². The first-order chi connectivity index (χ1) is 14.8. The van der Waals surface area contributed by atoms with Gasteiger partial charge < -0.3 is 14.4 Å². The van der Waals surface area contributed by atoms with Crippen LogP contribution in [0.15, 0.2) is 47.4 Å². The minimum absolute atomic E-state index is 0.0523. The third-order valence-electron chi connectivity index (χ3n) is 5.88. The van der Waals surface area contributed by atoms with E-state index in [0.29, 0.717) is 6.54 Å². The van der Waals surface area contributed by atoms with Crippen LogP contribution in [0.2, 0.25) is 0 Å². The van der Waals surface area contributed by atoms with Crippen molar-refractivity contribution in [3.63, 3.8) is 0 Å². The van der Waals surface area contributed by atoms with E-state index in [1.807, 2.05) is 47.2 Å². The van der Waals surface area contributed by atoms with Crippen molar-refractivity contribution >= 4 is 10.8 Å². The van der Waals surface area contributed by atoms with Crippen molar-refractivity contribution in [2.45, 2.75) is 71.9 Å². The lowest BCUT2D eigenvalue weighted by Crippen LogP contribution is -2.20. The number of methoxy groups -OCH3 is 1. The summed E-state index contributed by atoms with van der Waals surface area (Å²) in [5, 5.41) is 11.8. The second-order valence-electron chi connectivity index (χ2n) is 9.27. The smallest absolute Gasteiger partial charge is 0.258 e. The number of unbranched alkanes of at least 4 members (excludes halogenated alkanes) is 3. The quantitative estimate of drug-likeness (QED) is 0.451. The number of aliphatic hydroxyl groups is 1. The van der Waals surface area contributed by atoms with E-state index in [1.165, 1.54) is 12.8 Å². The highest BCUT2D eigenvalue weighted by molar-refractivity contribution is 5.96. The van der Waals surface area contributed by atoms with Crippen LogP contribution < -0.4 is 10.3 Å². The zero-order valence-corrected chi connectivity index (χ0v) is 19.5. The molecule has 3 rings (SSSR count). The summed E-state index contributed by atoms with van der Waals surface area (Å²) in [5.74, 6) is 0.763. The third-order valence-corrected chi connectivity index (χ3v) is 5.88. The van der Waals surface area contributed by atoms with Crippen LogP contribution in [-0.2, 0) is 18.6 Å². The summed E-state index contributed by atoms with van der Waals surface area (Å²) in [4.78, 5) is 13.1. The van der Waals surface area contributed by atoms with E-state index < -0.39 is 0 Å². The van der Waals surface area contributed by atoms with E-state index in [4.69, 9.17) is 4.74 Å². The minimum atomic E-state index is -0.165. The highest BCUT2D eigenvalue weighted by Crippen LogP contribution is 2.39. The van der Waals surface area contributed by atoms with Crippen LogP contribution in [0.4, 0.5) is 0 Å². The predicted molar refractivity (Wildman–Crippen MR) is 129 cm³/mol. The Kier molecular flexibility index (Phi) is 7.22. The van der Waals surface area contributed by atoms with Crippen LogP contribution in [0.1, 0.15) is 64.5 Å². The highest BCUT2D eigenvalue weighted by atomic mass is 16.5. The largest absolute Gasteiger partial charge is 0.496 e. The molecule has 0 saturated heterocycles. The van der Waals surface area contributed by atoms with Gasteiger partial charge >= 0.3 is 0 Å². The molecule has 0 fully saturated rings. The molecule has 0 aliphatic heterocycles. The molecule has 0 aliphatic rings. The van der Waals surface area contributed by atoms with Gasteiger partial charge in [0.1, 0.15) is 5.75 Å². The van der Waals surface area contributed by atoms with Crippen LogP contribution >= 0.6 is 0 Å². The van der Waals surface area contributed by atoms with E-state index >= 15 is 0 Å². The molecule has 1 aromatic heterocycles. The van der Waals surface area contributed by atoms with Gasteiger partial charge in [0, 0.05) is 29.3 Å². The highest BCUT2D eigenvalue weighted by Gasteiger charge is 2.24. The Labute approximate surface area is 185 Å². The van der Waals surface area contributed by atoms with Gasteiger partial charge in [-0.1, -0.05) is 65.2 Å². The lowest BCUT2D eigenvalue weighted by atomic mass is 9.81. The van der Waals surface area contributed by atoms with Crippen LogP contribution in [0.25, 0.3) is 21.9 Å². The van der Waals surface area contributed by atoms with Crippen molar-refractivity contribution in [3.8, 4) is 16.9 Å². The molecule has 0 unspecified atom stereocenters. The molecule has 31 heavy (non-hydrogen) atoms. The standard InChI is InChI=1S/C27H35NO3/c1-6-7-8-11-14-28-17-23(21-12-9-10-13-22(21)26(28)30)19-15-20(18-29)25(27(2,3)4)24(16-19)31-5/h9-10,12-13,15-17,29H,6-8,11,14,18H2,1-5H3. The summed E-state index contributed by atoms with van der Waals surface area (Å²) >= 11 is 0. The van der Waals surface area contributed by atoms with Gasteiger partial charge in [-0.3, -0.25) is 4.79 Å². The average Bonchev–Trinajstić information content (AvgIpc) is 2.76. The van der Waals surface area contributed by atoms with Gasteiger partial charge in [-0.2, -0.15) is 0 Å². The lowest BCUT2D eigenvalue weighted by Gasteiger charge is -2.26. The summed E-state index contributed by atoms with van der Waals surface area (Å²) in [5.41, 5.74) is 3.69. The molecule has 0 atom stereocenters. The first kappa shape index (κ1) is 23.1. The normalized spacial score (nSPS) is 11.8. The summed E-state index contributed by atoms with van der Waals surface area (Å²) in [7, 11) is 1.67. The molecule has 0 bridgehead atoms. The molecule has 4 nitrogen and oxygen atoms in total. The van der Waals surface area contributed by atoms with Crippen LogP contribution in [0.5, 0.6) is 5.75 Å². The van der Waals surface area contributed by atoms with E-state index in [1.54, 1.807) is 7.11 Å². The summed E-state index contributed by atoms with van der Waals surface area (Å²) in [6, 6.07) is 11.8. The lowest BCUT2D eigenvalue weighted by molar-refractivity contribution is 0.276. The second kappa shape index (κ2) is 9.69. The van der Waals surface area contributed by atoms with Crippen molar-refractivity contribution in [2.24, 2.45) is 0 Å². The summed E-state index contributed by atoms with van der Waals surface area (Å²) in [6.45, 7) is 9.19. The zero-order chi connectivity index (χ0) is 22.6. The number of hydrogen-bond acceptors (Lipinski definition) is 3. The van der Waals surface area contributed by atoms with Crippen LogP contribution in [0.3, 0.4) is 0 Å². The second-order valence-corrected chi connectivity index (χ2v) is 9.27. The molecule has 3 aromatic rings. The molecule has 0 radical (unpaired) electrons. The number of fused-ring (bicyclic) bond motifs is 1. The van der Waals surface area contributed by atoms with Crippen molar-refractivity contribution in [1.82, 2.24) is 4.57 Å². The number of hydrogen-bond donors (Lipinski definition) is 1. The molecule has 0 saturated carbocycles. The van der Waals surface area contributed by atoms with Crippen LogP contribution in [-0.4, -0.2) is 16.8 Å². The third kappa shape index (κ3) is 4.85. The zero-order valence-electron chi connectivity index (χ0n) is 19.5. The van der Waals surface area contributed by atoms with Gasteiger partial charge in [0.15, 0.2) is 0 Å². The van der Waals surface area contributed by atoms with E-state index in [-0.39, 0.29) is 17.6 Å².